The van der Waals surface area contributed by atoms with Crippen molar-refractivity contribution in [3.05, 3.63) is 89.0 Å². The summed E-state index contributed by atoms with van der Waals surface area (Å²) in [4.78, 5) is 9.03. The second kappa shape index (κ2) is 7.26. The minimum absolute atomic E-state index is 0.108. The average Bonchev–Trinajstić information content (AvgIpc) is 3.14. The maximum atomic E-state index is 6.08. The Labute approximate surface area is 158 Å². The molecule has 0 saturated carbocycles. The number of anilines is 1. The third-order valence-electron chi connectivity index (χ3n) is 4.57. The Balaban J connectivity index is 1.77. The first-order valence-corrected chi connectivity index (χ1v) is 9.11. The van der Waals surface area contributed by atoms with Gasteiger partial charge >= 0.3 is 0 Å². The number of rotatable bonds is 4. The van der Waals surface area contributed by atoms with Crippen molar-refractivity contribution in [2.24, 2.45) is 5.10 Å². The van der Waals surface area contributed by atoms with Crippen LogP contribution in [0.4, 0.5) is 5.69 Å². The summed E-state index contributed by atoms with van der Waals surface area (Å²) in [7, 11) is 0. The Bertz CT molecular complexity index is 922. The number of hydrogen-bond donors (Lipinski definition) is 0. The number of aryl methyl sites for hydroxylation is 1. The van der Waals surface area contributed by atoms with Gasteiger partial charge in [0.1, 0.15) is 5.69 Å². The van der Waals surface area contributed by atoms with Gasteiger partial charge in [0.05, 0.1) is 23.1 Å². The van der Waals surface area contributed by atoms with E-state index in [0.717, 1.165) is 40.7 Å². The molecule has 1 atom stereocenters. The first-order valence-electron chi connectivity index (χ1n) is 8.73. The molecule has 3 aromatic rings. The van der Waals surface area contributed by atoms with Crippen LogP contribution in [0.25, 0.3) is 0 Å². The molecule has 0 bridgehead atoms. The van der Waals surface area contributed by atoms with E-state index in [9.17, 15) is 0 Å². The summed E-state index contributed by atoms with van der Waals surface area (Å²) in [6.45, 7) is 2.09. The van der Waals surface area contributed by atoms with Crippen molar-refractivity contribution in [1.82, 2.24) is 9.97 Å². The standard InChI is InChI=1S/C21H19ClN4/c1-2-18-21(24-13-12-23-18)19-14-20(15-8-10-16(22)11-9-15)26(25-19)17-6-4-3-5-7-17/h3-13,20H,2,14H2,1H3. The zero-order valence-corrected chi connectivity index (χ0v) is 15.3. The molecule has 1 unspecified atom stereocenters. The summed E-state index contributed by atoms with van der Waals surface area (Å²) in [5, 5.41) is 7.75. The molecule has 0 saturated heterocycles. The number of halogens is 1. The van der Waals surface area contributed by atoms with Crippen molar-refractivity contribution in [3.8, 4) is 0 Å². The van der Waals surface area contributed by atoms with E-state index in [4.69, 9.17) is 16.7 Å². The lowest BCUT2D eigenvalue weighted by atomic mass is 9.99. The Hall–Kier alpha value is -2.72. The maximum Gasteiger partial charge on any atom is 0.108 e. The second-order valence-electron chi connectivity index (χ2n) is 6.20. The molecule has 0 N–H and O–H groups in total. The van der Waals surface area contributed by atoms with Crippen molar-refractivity contribution < 1.29 is 0 Å². The molecular formula is C21H19ClN4. The van der Waals surface area contributed by atoms with Crippen molar-refractivity contribution in [2.45, 2.75) is 25.8 Å². The van der Waals surface area contributed by atoms with Gasteiger partial charge in [-0.1, -0.05) is 48.9 Å². The third-order valence-corrected chi connectivity index (χ3v) is 4.82. The first kappa shape index (κ1) is 16.7. The van der Waals surface area contributed by atoms with Gasteiger partial charge in [-0.3, -0.25) is 15.0 Å². The van der Waals surface area contributed by atoms with Gasteiger partial charge in [-0.15, -0.1) is 0 Å². The normalized spacial score (nSPS) is 16.6. The van der Waals surface area contributed by atoms with Crippen LogP contribution in [0.1, 0.15) is 36.3 Å². The molecule has 1 aliphatic rings. The van der Waals surface area contributed by atoms with Gasteiger partial charge < -0.3 is 0 Å². The van der Waals surface area contributed by atoms with Crippen LogP contribution in [0, 0.1) is 0 Å². The molecule has 1 aliphatic heterocycles. The van der Waals surface area contributed by atoms with Gasteiger partial charge in [-0.05, 0) is 36.2 Å². The maximum absolute atomic E-state index is 6.08. The summed E-state index contributed by atoms with van der Waals surface area (Å²) < 4.78 is 0. The van der Waals surface area contributed by atoms with Crippen LogP contribution >= 0.6 is 11.6 Å². The topological polar surface area (TPSA) is 41.4 Å². The van der Waals surface area contributed by atoms with Gasteiger partial charge in [-0.25, -0.2) is 0 Å². The second-order valence-corrected chi connectivity index (χ2v) is 6.64. The van der Waals surface area contributed by atoms with Crippen molar-refractivity contribution in [3.63, 3.8) is 0 Å². The molecule has 0 radical (unpaired) electrons. The van der Waals surface area contributed by atoms with Crippen LogP contribution in [-0.2, 0) is 6.42 Å². The summed E-state index contributed by atoms with van der Waals surface area (Å²) >= 11 is 6.08. The fraction of sp³-hybridized carbons (Fsp3) is 0.190. The van der Waals surface area contributed by atoms with Crippen LogP contribution in [-0.4, -0.2) is 15.7 Å². The first-order chi connectivity index (χ1) is 12.8. The van der Waals surface area contributed by atoms with Crippen molar-refractivity contribution >= 4 is 23.0 Å². The van der Waals surface area contributed by atoms with E-state index in [2.05, 4.69) is 46.2 Å². The van der Waals surface area contributed by atoms with Gasteiger partial charge in [0.2, 0.25) is 0 Å². The van der Waals surface area contributed by atoms with Gasteiger partial charge in [-0.2, -0.15) is 5.10 Å². The quantitative estimate of drug-likeness (QED) is 0.652. The SMILES string of the molecule is CCc1nccnc1C1=NN(c2ccccc2)C(c2ccc(Cl)cc2)C1. The summed E-state index contributed by atoms with van der Waals surface area (Å²) in [5.41, 5.74) is 5.09. The molecule has 130 valence electrons. The highest BCUT2D eigenvalue weighted by atomic mass is 35.5. The fourth-order valence-electron chi connectivity index (χ4n) is 3.28. The number of benzene rings is 2. The Kier molecular flexibility index (Phi) is 4.67. The van der Waals surface area contributed by atoms with E-state index >= 15 is 0 Å². The van der Waals surface area contributed by atoms with Crippen LogP contribution in [0.2, 0.25) is 5.02 Å². The summed E-state index contributed by atoms with van der Waals surface area (Å²) in [5.74, 6) is 0. The largest absolute Gasteiger partial charge is 0.257 e. The fourth-order valence-corrected chi connectivity index (χ4v) is 3.41. The number of aromatic nitrogens is 2. The Morgan fingerprint density at radius 3 is 2.46 bits per heavy atom. The Morgan fingerprint density at radius 1 is 1.00 bits per heavy atom. The van der Waals surface area contributed by atoms with E-state index in [0.29, 0.717) is 0 Å². The minimum Gasteiger partial charge on any atom is -0.257 e. The van der Waals surface area contributed by atoms with E-state index in [1.54, 1.807) is 12.4 Å². The lowest BCUT2D eigenvalue weighted by Gasteiger charge is -2.24. The molecule has 5 heteroatoms. The van der Waals surface area contributed by atoms with Crippen LogP contribution in [0.15, 0.2) is 72.1 Å². The molecule has 4 nitrogen and oxygen atoms in total. The van der Waals surface area contributed by atoms with Crippen LogP contribution in [0.5, 0.6) is 0 Å². The predicted molar refractivity (Wildman–Crippen MR) is 106 cm³/mol. The highest BCUT2D eigenvalue weighted by molar-refractivity contribution is 6.30. The average molecular weight is 363 g/mol. The predicted octanol–water partition coefficient (Wildman–Crippen LogP) is 5.05. The zero-order chi connectivity index (χ0) is 17.9. The molecule has 26 heavy (non-hydrogen) atoms. The summed E-state index contributed by atoms with van der Waals surface area (Å²) in [6.07, 6.45) is 5.09. The molecule has 0 fully saturated rings. The number of hydrogen-bond acceptors (Lipinski definition) is 4. The van der Waals surface area contributed by atoms with Crippen molar-refractivity contribution in [1.29, 1.82) is 0 Å². The van der Waals surface area contributed by atoms with Gasteiger partial charge in [0, 0.05) is 23.8 Å². The molecular weight excluding hydrogens is 344 g/mol. The monoisotopic (exact) mass is 362 g/mol. The molecule has 0 spiro atoms. The smallest absolute Gasteiger partial charge is 0.108 e. The number of nitrogens with zero attached hydrogens (tertiary/aromatic N) is 4. The number of hydrazone groups is 1. The van der Waals surface area contributed by atoms with E-state index in [1.807, 2.05) is 30.3 Å². The van der Waals surface area contributed by atoms with Crippen LogP contribution < -0.4 is 5.01 Å². The molecule has 2 aromatic carbocycles. The van der Waals surface area contributed by atoms with E-state index in [1.165, 1.54) is 5.56 Å². The van der Waals surface area contributed by atoms with Gasteiger partial charge in [0.25, 0.3) is 0 Å². The molecule has 2 heterocycles. The van der Waals surface area contributed by atoms with E-state index < -0.39 is 0 Å². The minimum atomic E-state index is 0.108. The highest BCUT2D eigenvalue weighted by Gasteiger charge is 2.31. The van der Waals surface area contributed by atoms with Crippen LogP contribution in [0.3, 0.4) is 0 Å². The van der Waals surface area contributed by atoms with E-state index in [-0.39, 0.29) is 6.04 Å². The lowest BCUT2D eigenvalue weighted by Crippen LogP contribution is -2.18. The number of para-hydroxylation sites is 1. The molecule has 0 amide bonds. The molecule has 0 aliphatic carbocycles. The highest BCUT2D eigenvalue weighted by Crippen LogP contribution is 2.36. The molecule has 1 aromatic heterocycles. The third kappa shape index (κ3) is 3.20. The zero-order valence-electron chi connectivity index (χ0n) is 14.5. The van der Waals surface area contributed by atoms with Crippen molar-refractivity contribution in [2.75, 3.05) is 5.01 Å². The van der Waals surface area contributed by atoms with Gasteiger partial charge in [0.15, 0.2) is 0 Å². The molecule has 4 rings (SSSR count). The summed E-state index contributed by atoms with van der Waals surface area (Å²) in [6, 6.07) is 18.3. The lowest BCUT2D eigenvalue weighted by molar-refractivity contribution is 0.709. The Morgan fingerprint density at radius 2 is 1.73 bits per heavy atom.